The van der Waals surface area contributed by atoms with E-state index in [1.54, 1.807) is 12.1 Å². The molecule has 2 aromatic heterocycles. The zero-order valence-corrected chi connectivity index (χ0v) is 17.2. The van der Waals surface area contributed by atoms with E-state index in [0.717, 1.165) is 21.6 Å². The van der Waals surface area contributed by atoms with Gasteiger partial charge in [-0.25, -0.2) is 0 Å². The molecule has 28 heavy (non-hydrogen) atoms. The van der Waals surface area contributed by atoms with Crippen LogP contribution in [0.5, 0.6) is 0 Å². The number of hydrogen-bond acceptors (Lipinski definition) is 6. The van der Waals surface area contributed by atoms with Crippen LogP contribution in [-0.2, 0) is 16.1 Å². The Kier molecular flexibility index (Phi) is 6.74. The molecular weight excluding hydrogens is 422 g/mol. The molecule has 0 N–H and O–H groups in total. The number of ether oxygens (including phenoxy) is 1. The van der Waals surface area contributed by atoms with Crippen LogP contribution in [0.15, 0.2) is 41.4 Å². The molecule has 0 saturated heterocycles. The first kappa shape index (κ1) is 20.4. The first-order chi connectivity index (χ1) is 13.5. The number of aromatic nitrogens is 1. The SMILES string of the molecule is CCOCCn1c(=NC(=O)C=Cc2ccc([N+](=O)[O-])s2)sc2cc(Cl)ccc21. The van der Waals surface area contributed by atoms with Gasteiger partial charge in [0, 0.05) is 35.2 Å². The van der Waals surface area contributed by atoms with Gasteiger partial charge >= 0.3 is 5.00 Å². The van der Waals surface area contributed by atoms with Crippen LogP contribution in [0.4, 0.5) is 5.00 Å². The van der Waals surface area contributed by atoms with Crippen LogP contribution in [0, 0.1) is 10.1 Å². The average molecular weight is 438 g/mol. The van der Waals surface area contributed by atoms with Gasteiger partial charge in [-0.3, -0.25) is 14.9 Å². The minimum atomic E-state index is -0.460. The second kappa shape index (κ2) is 9.24. The molecule has 0 unspecified atom stereocenters. The predicted molar refractivity (Wildman–Crippen MR) is 112 cm³/mol. The summed E-state index contributed by atoms with van der Waals surface area (Å²) in [6.45, 7) is 3.59. The van der Waals surface area contributed by atoms with Crippen molar-refractivity contribution in [3.8, 4) is 0 Å². The van der Waals surface area contributed by atoms with E-state index in [4.69, 9.17) is 16.3 Å². The standard InChI is InChI=1S/C18H16ClN3O4S2/c1-2-26-10-9-21-14-6-3-12(19)11-15(14)28-18(21)20-16(23)7-4-13-5-8-17(27-13)22(24)25/h3-8,11H,2,9-10H2,1H3. The van der Waals surface area contributed by atoms with Gasteiger partial charge in [0.15, 0.2) is 4.80 Å². The minimum absolute atomic E-state index is 0.0270. The summed E-state index contributed by atoms with van der Waals surface area (Å²) in [6, 6.07) is 8.52. The minimum Gasteiger partial charge on any atom is -0.380 e. The second-order valence-corrected chi connectivity index (χ2v) is 8.10. The van der Waals surface area contributed by atoms with Gasteiger partial charge in [-0.15, -0.1) is 0 Å². The van der Waals surface area contributed by atoms with Crippen molar-refractivity contribution in [2.45, 2.75) is 13.5 Å². The molecule has 0 fully saturated rings. The Labute approximate surface area is 173 Å². The number of hydrogen-bond donors (Lipinski definition) is 0. The van der Waals surface area contributed by atoms with E-state index in [0.29, 0.717) is 34.5 Å². The Morgan fingerprint density at radius 1 is 1.36 bits per heavy atom. The Balaban J connectivity index is 1.90. The molecule has 0 aliphatic heterocycles. The maximum Gasteiger partial charge on any atom is 0.324 e. The molecule has 146 valence electrons. The van der Waals surface area contributed by atoms with E-state index in [1.807, 2.05) is 23.6 Å². The van der Waals surface area contributed by atoms with Crippen molar-refractivity contribution in [1.82, 2.24) is 4.57 Å². The van der Waals surface area contributed by atoms with Crippen molar-refractivity contribution in [3.63, 3.8) is 0 Å². The third-order valence-corrected chi connectivity index (χ3v) is 5.98. The largest absolute Gasteiger partial charge is 0.380 e. The third-order valence-electron chi connectivity index (χ3n) is 3.70. The predicted octanol–water partition coefficient (Wildman–Crippen LogP) is 4.50. The number of benzene rings is 1. The molecule has 0 aliphatic carbocycles. The third kappa shape index (κ3) is 4.93. The van der Waals surface area contributed by atoms with Crippen molar-refractivity contribution in [1.29, 1.82) is 0 Å². The molecule has 0 saturated carbocycles. The zero-order chi connectivity index (χ0) is 20.1. The lowest BCUT2D eigenvalue weighted by molar-refractivity contribution is -0.380. The number of thiophene rings is 1. The molecule has 0 spiro atoms. The van der Waals surface area contributed by atoms with Crippen LogP contribution >= 0.6 is 34.3 Å². The van der Waals surface area contributed by atoms with Gasteiger partial charge in [0.1, 0.15) is 0 Å². The number of nitrogens with zero attached hydrogens (tertiary/aromatic N) is 3. The van der Waals surface area contributed by atoms with Gasteiger partial charge in [-0.1, -0.05) is 34.3 Å². The molecule has 1 aromatic carbocycles. The Morgan fingerprint density at radius 3 is 2.89 bits per heavy atom. The summed E-state index contributed by atoms with van der Waals surface area (Å²) in [5.41, 5.74) is 0.929. The number of rotatable bonds is 7. The van der Waals surface area contributed by atoms with Crippen LogP contribution in [0.3, 0.4) is 0 Å². The Bertz CT molecular complexity index is 1110. The summed E-state index contributed by atoms with van der Waals surface area (Å²) in [5, 5.41) is 11.4. The van der Waals surface area contributed by atoms with Crippen molar-refractivity contribution in [2.75, 3.05) is 13.2 Å². The van der Waals surface area contributed by atoms with Gasteiger partial charge in [0.05, 0.1) is 21.7 Å². The van der Waals surface area contributed by atoms with E-state index in [1.165, 1.54) is 29.6 Å². The van der Waals surface area contributed by atoms with Crippen LogP contribution in [0.25, 0.3) is 16.3 Å². The first-order valence-electron chi connectivity index (χ1n) is 8.35. The van der Waals surface area contributed by atoms with Crippen LogP contribution in [-0.4, -0.2) is 28.6 Å². The molecule has 7 nitrogen and oxygen atoms in total. The van der Waals surface area contributed by atoms with Crippen molar-refractivity contribution < 1.29 is 14.5 Å². The second-order valence-electron chi connectivity index (χ2n) is 5.56. The number of amides is 1. The maximum atomic E-state index is 12.3. The summed E-state index contributed by atoms with van der Waals surface area (Å²) in [6.07, 6.45) is 2.83. The molecular formula is C18H16ClN3O4S2. The topological polar surface area (TPSA) is 86.7 Å². The van der Waals surface area contributed by atoms with Crippen molar-refractivity contribution in [2.24, 2.45) is 4.99 Å². The van der Waals surface area contributed by atoms with Crippen LogP contribution < -0.4 is 4.80 Å². The molecule has 10 heteroatoms. The molecule has 1 amide bonds. The number of fused-ring (bicyclic) bond motifs is 1. The lowest BCUT2D eigenvalue weighted by Gasteiger charge is -2.05. The fraction of sp³-hybridized carbons (Fsp3) is 0.222. The summed E-state index contributed by atoms with van der Waals surface area (Å²) >= 11 is 8.44. The highest BCUT2D eigenvalue weighted by Gasteiger charge is 2.09. The van der Waals surface area contributed by atoms with Gasteiger partial charge < -0.3 is 9.30 Å². The molecule has 3 aromatic rings. The number of halogens is 1. The summed E-state index contributed by atoms with van der Waals surface area (Å²) in [5.74, 6) is -0.445. The van der Waals surface area contributed by atoms with Crippen molar-refractivity contribution in [3.05, 3.63) is 61.2 Å². The molecule has 0 aliphatic rings. The van der Waals surface area contributed by atoms with E-state index in [2.05, 4.69) is 4.99 Å². The molecule has 0 bridgehead atoms. The molecule has 2 heterocycles. The van der Waals surface area contributed by atoms with Crippen molar-refractivity contribution >= 4 is 61.5 Å². The van der Waals surface area contributed by atoms with Gasteiger partial charge in [-0.2, -0.15) is 4.99 Å². The highest BCUT2D eigenvalue weighted by atomic mass is 35.5. The van der Waals surface area contributed by atoms with E-state index in [-0.39, 0.29) is 5.00 Å². The quantitative estimate of drug-likeness (QED) is 0.235. The molecule has 3 rings (SSSR count). The number of carbonyl (C=O) groups excluding carboxylic acids is 1. The highest BCUT2D eigenvalue weighted by Crippen LogP contribution is 2.25. The average Bonchev–Trinajstić information content (AvgIpc) is 3.25. The highest BCUT2D eigenvalue weighted by molar-refractivity contribution is 7.16. The lowest BCUT2D eigenvalue weighted by atomic mass is 10.3. The Morgan fingerprint density at radius 2 is 2.18 bits per heavy atom. The summed E-state index contributed by atoms with van der Waals surface area (Å²) < 4.78 is 8.28. The fourth-order valence-electron chi connectivity index (χ4n) is 2.46. The number of nitro groups is 1. The first-order valence-corrected chi connectivity index (χ1v) is 10.4. The lowest BCUT2D eigenvalue weighted by Crippen LogP contribution is -2.19. The Hall–Kier alpha value is -2.33. The van der Waals surface area contributed by atoms with Gasteiger partial charge in [0.25, 0.3) is 5.91 Å². The maximum absolute atomic E-state index is 12.3. The molecule has 0 radical (unpaired) electrons. The smallest absolute Gasteiger partial charge is 0.324 e. The van der Waals surface area contributed by atoms with E-state index >= 15 is 0 Å². The fourth-order valence-corrected chi connectivity index (χ4v) is 4.53. The van der Waals surface area contributed by atoms with Gasteiger partial charge in [-0.05, 0) is 37.3 Å². The van der Waals surface area contributed by atoms with Gasteiger partial charge in [0.2, 0.25) is 0 Å². The summed E-state index contributed by atoms with van der Waals surface area (Å²) in [7, 11) is 0. The van der Waals surface area contributed by atoms with Crippen LogP contribution in [0.2, 0.25) is 5.02 Å². The monoisotopic (exact) mass is 437 g/mol. The molecule has 0 atom stereocenters. The normalized spacial score (nSPS) is 12.3. The van der Waals surface area contributed by atoms with E-state index in [9.17, 15) is 14.9 Å². The number of carbonyl (C=O) groups is 1. The van der Waals surface area contributed by atoms with E-state index < -0.39 is 10.8 Å². The van der Waals surface area contributed by atoms with Crippen LogP contribution in [0.1, 0.15) is 11.8 Å². The summed E-state index contributed by atoms with van der Waals surface area (Å²) in [4.78, 5) is 27.9. The zero-order valence-electron chi connectivity index (χ0n) is 14.8. The number of thiazole rings is 1.